The van der Waals surface area contributed by atoms with Gasteiger partial charge in [0.1, 0.15) is 5.75 Å². The zero-order valence-electron chi connectivity index (χ0n) is 14.3. The predicted octanol–water partition coefficient (Wildman–Crippen LogP) is 3.13. The number of non-ortho nitro benzene ring substituents is 1. The molecule has 0 aliphatic rings. The molecule has 0 unspecified atom stereocenters. The number of carbonyl (C=O) groups excluding carboxylic acids is 1. The highest BCUT2D eigenvalue weighted by atomic mass is 16.6. The van der Waals surface area contributed by atoms with E-state index in [-0.39, 0.29) is 12.3 Å². The zero-order chi connectivity index (χ0) is 18.4. The Morgan fingerprint density at radius 3 is 2.48 bits per heavy atom. The molecule has 0 spiro atoms. The van der Waals surface area contributed by atoms with Crippen LogP contribution in [-0.4, -0.2) is 23.1 Å². The van der Waals surface area contributed by atoms with Gasteiger partial charge in [-0.15, -0.1) is 0 Å². The Hall–Kier alpha value is -3.22. The maximum Gasteiger partial charge on any atom is 0.277 e. The van der Waals surface area contributed by atoms with Crippen molar-refractivity contribution in [2.75, 3.05) is 6.61 Å². The van der Waals surface area contributed by atoms with Crippen molar-refractivity contribution >= 4 is 17.3 Å². The number of benzene rings is 2. The van der Waals surface area contributed by atoms with Crippen LogP contribution < -0.4 is 10.2 Å². The summed E-state index contributed by atoms with van der Waals surface area (Å²) in [7, 11) is 0. The van der Waals surface area contributed by atoms with E-state index >= 15 is 0 Å². The van der Waals surface area contributed by atoms with E-state index in [2.05, 4.69) is 10.5 Å². The standard InChI is InChI=1S/C18H19N3O4/c1-12-6-4-7-13(2)18(12)25-11-17(22)20-19-14(3)15-8-5-9-16(10-15)21(23)24/h4-10H,11H2,1-3H3,(H,20,22)/b19-14+. The van der Waals surface area contributed by atoms with E-state index in [4.69, 9.17) is 4.74 Å². The van der Waals surface area contributed by atoms with Crippen LogP contribution in [0.3, 0.4) is 0 Å². The molecule has 0 heterocycles. The zero-order valence-corrected chi connectivity index (χ0v) is 14.3. The van der Waals surface area contributed by atoms with Gasteiger partial charge in [-0.1, -0.05) is 30.3 Å². The number of nitrogens with zero attached hydrogens (tertiary/aromatic N) is 2. The van der Waals surface area contributed by atoms with Crippen LogP contribution in [0, 0.1) is 24.0 Å². The van der Waals surface area contributed by atoms with E-state index in [1.165, 1.54) is 12.1 Å². The highest BCUT2D eigenvalue weighted by Crippen LogP contribution is 2.22. The first-order chi connectivity index (χ1) is 11.9. The number of hydrazone groups is 1. The Labute approximate surface area is 145 Å². The van der Waals surface area contributed by atoms with E-state index in [0.717, 1.165) is 11.1 Å². The van der Waals surface area contributed by atoms with Gasteiger partial charge in [0.05, 0.1) is 10.6 Å². The minimum absolute atomic E-state index is 0.0308. The number of hydrogen-bond acceptors (Lipinski definition) is 5. The Bertz CT molecular complexity index is 811. The number of carbonyl (C=O) groups is 1. The molecule has 0 saturated heterocycles. The SMILES string of the molecule is C/C(=N\NC(=O)COc1c(C)cccc1C)c1cccc([N+](=O)[O-])c1. The number of para-hydroxylation sites is 1. The molecule has 0 radical (unpaired) electrons. The van der Waals surface area contributed by atoms with Crippen LogP contribution >= 0.6 is 0 Å². The van der Waals surface area contributed by atoms with Gasteiger partial charge in [-0.05, 0) is 31.9 Å². The van der Waals surface area contributed by atoms with Crippen molar-refractivity contribution in [2.24, 2.45) is 5.10 Å². The van der Waals surface area contributed by atoms with Gasteiger partial charge in [-0.2, -0.15) is 5.10 Å². The van der Waals surface area contributed by atoms with Crippen LogP contribution in [0.5, 0.6) is 5.75 Å². The number of nitro benzene ring substituents is 1. The number of nitro groups is 1. The monoisotopic (exact) mass is 341 g/mol. The molecule has 1 amide bonds. The normalized spacial score (nSPS) is 11.1. The van der Waals surface area contributed by atoms with Gasteiger partial charge < -0.3 is 4.74 Å². The summed E-state index contributed by atoms with van der Waals surface area (Å²) in [6.07, 6.45) is 0. The molecular weight excluding hydrogens is 322 g/mol. The largest absolute Gasteiger partial charge is 0.483 e. The first-order valence-electron chi connectivity index (χ1n) is 7.65. The molecule has 130 valence electrons. The molecule has 0 aliphatic heterocycles. The molecule has 0 saturated carbocycles. The number of aryl methyl sites for hydroxylation is 2. The number of ether oxygens (including phenoxy) is 1. The third kappa shape index (κ3) is 4.87. The van der Waals surface area contributed by atoms with E-state index in [0.29, 0.717) is 17.0 Å². The van der Waals surface area contributed by atoms with Crippen molar-refractivity contribution in [3.8, 4) is 5.75 Å². The van der Waals surface area contributed by atoms with Gasteiger partial charge in [-0.25, -0.2) is 5.43 Å². The van der Waals surface area contributed by atoms with Crippen molar-refractivity contribution in [1.29, 1.82) is 0 Å². The Morgan fingerprint density at radius 1 is 1.20 bits per heavy atom. The molecule has 2 aromatic carbocycles. The fourth-order valence-corrected chi connectivity index (χ4v) is 2.25. The Kier molecular flexibility index (Phi) is 5.84. The molecule has 7 heteroatoms. The number of amides is 1. The molecule has 1 N–H and O–H groups in total. The quantitative estimate of drug-likeness (QED) is 0.496. The van der Waals surface area contributed by atoms with Crippen LogP contribution in [0.1, 0.15) is 23.6 Å². The van der Waals surface area contributed by atoms with Crippen LogP contribution in [0.25, 0.3) is 0 Å². The van der Waals surface area contributed by atoms with E-state index in [1.807, 2.05) is 32.0 Å². The topological polar surface area (TPSA) is 93.8 Å². The fourth-order valence-electron chi connectivity index (χ4n) is 2.25. The summed E-state index contributed by atoms with van der Waals surface area (Å²) in [4.78, 5) is 22.2. The highest BCUT2D eigenvalue weighted by Gasteiger charge is 2.09. The molecule has 0 bridgehead atoms. The summed E-state index contributed by atoms with van der Waals surface area (Å²) < 4.78 is 5.55. The van der Waals surface area contributed by atoms with Crippen molar-refractivity contribution in [1.82, 2.24) is 5.43 Å². The second-order valence-electron chi connectivity index (χ2n) is 5.55. The van der Waals surface area contributed by atoms with E-state index in [9.17, 15) is 14.9 Å². The third-order valence-corrected chi connectivity index (χ3v) is 3.58. The molecule has 0 aromatic heterocycles. The van der Waals surface area contributed by atoms with Crippen LogP contribution in [0.2, 0.25) is 0 Å². The Morgan fingerprint density at radius 2 is 1.84 bits per heavy atom. The molecule has 0 fully saturated rings. The maximum absolute atomic E-state index is 11.9. The Balaban J connectivity index is 1.97. The summed E-state index contributed by atoms with van der Waals surface area (Å²) in [6.45, 7) is 5.30. The second kappa shape index (κ2) is 8.05. The van der Waals surface area contributed by atoms with Crippen LogP contribution in [-0.2, 0) is 4.79 Å². The summed E-state index contributed by atoms with van der Waals surface area (Å²) in [5, 5.41) is 14.8. The molecule has 0 aliphatic carbocycles. The predicted molar refractivity (Wildman–Crippen MR) is 94.9 cm³/mol. The lowest BCUT2D eigenvalue weighted by atomic mass is 10.1. The van der Waals surface area contributed by atoms with Gasteiger partial charge >= 0.3 is 0 Å². The fraction of sp³-hybridized carbons (Fsp3) is 0.222. The lowest BCUT2D eigenvalue weighted by molar-refractivity contribution is -0.384. The second-order valence-corrected chi connectivity index (χ2v) is 5.55. The van der Waals surface area contributed by atoms with Crippen molar-refractivity contribution in [2.45, 2.75) is 20.8 Å². The van der Waals surface area contributed by atoms with E-state index < -0.39 is 10.8 Å². The molecule has 7 nitrogen and oxygen atoms in total. The maximum atomic E-state index is 11.9. The summed E-state index contributed by atoms with van der Waals surface area (Å²) in [6, 6.07) is 11.8. The third-order valence-electron chi connectivity index (χ3n) is 3.58. The minimum Gasteiger partial charge on any atom is -0.483 e. The van der Waals surface area contributed by atoms with Crippen molar-refractivity contribution in [3.63, 3.8) is 0 Å². The van der Waals surface area contributed by atoms with Gasteiger partial charge in [0.15, 0.2) is 6.61 Å². The molecule has 2 rings (SSSR count). The average molecular weight is 341 g/mol. The lowest BCUT2D eigenvalue weighted by Crippen LogP contribution is -2.26. The summed E-state index contributed by atoms with van der Waals surface area (Å²) >= 11 is 0. The number of rotatable bonds is 6. The highest BCUT2D eigenvalue weighted by molar-refractivity contribution is 5.99. The smallest absolute Gasteiger partial charge is 0.277 e. The summed E-state index contributed by atoms with van der Waals surface area (Å²) in [5.41, 5.74) is 5.28. The van der Waals surface area contributed by atoms with Gasteiger partial charge in [0, 0.05) is 17.7 Å². The molecular formula is C18H19N3O4. The van der Waals surface area contributed by atoms with Crippen molar-refractivity contribution < 1.29 is 14.5 Å². The van der Waals surface area contributed by atoms with Gasteiger partial charge in [0.2, 0.25) is 0 Å². The van der Waals surface area contributed by atoms with E-state index in [1.54, 1.807) is 19.1 Å². The molecule has 0 atom stereocenters. The molecule has 2 aromatic rings. The number of hydrogen-bond donors (Lipinski definition) is 1. The molecule has 25 heavy (non-hydrogen) atoms. The minimum atomic E-state index is -0.478. The van der Waals surface area contributed by atoms with Gasteiger partial charge in [-0.3, -0.25) is 14.9 Å². The average Bonchev–Trinajstić information content (AvgIpc) is 2.59. The first kappa shape index (κ1) is 18.1. The van der Waals surface area contributed by atoms with Crippen LogP contribution in [0.4, 0.5) is 5.69 Å². The number of nitrogens with one attached hydrogen (secondary N) is 1. The van der Waals surface area contributed by atoms with Gasteiger partial charge in [0.25, 0.3) is 11.6 Å². The first-order valence-corrected chi connectivity index (χ1v) is 7.65. The van der Waals surface area contributed by atoms with Crippen LogP contribution in [0.15, 0.2) is 47.6 Å². The summed E-state index contributed by atoms with van der Waals surface area (Å²) in [5.74, 6) is 0.268. The van der Waals surface area contributed by atoms with Crippen molar-refractivity contribution in [3.05, 3.63) is 69.3 Å². The lowest BCUT2D eigenvalue weighted by Gasteiger charge is -2.11.